The van der Waals surface area contributed by atoms with Crippen LogP contribution in [0.1, 0.15) is 11.1 Å². The van der Waals surface area contributed by atoms with Crippen molar-refractivity contribution in [3.63, 3.8) is 0 Å². The molecule has 0 aromatic heterocycles. The van der Waals surface area contributed by atoms with Crippen LogP contribution in [0, 0.1) is 11.8 Å². The second-order valence-corrected chi connectivity index (χ2v) is 5.28. The van der Waals surface area contributed by atoms with Crippen LogP contribution in [0.4, 0.5) is 0 Å². The normalized spacial score (nSPS) is 11.3. The molecular weight excluding hydrogens is 256 g/mol. The predicted octanol–water partition coefficient (Wildman–Crippen LogP) is 2.83. The molecule has 2 aromatic rings. The maximum absolute atomic E-state index is 11.6. The molecule has 3 heteroatoms. The van der Waals surface area contributed by atoms with Crippen LogP contribution in [0.2, 0.25) is 0 Å². The van der Waals surface area contributed by atoms with Crippen molar-refractivity contribution in [2.45, 2.75) is 4.90 Å². The van der Waals surface area contributed by atoms with E-state index < -0.39 is 10.8 Å². The molecule has 0 aliphatic heterocycles. The molecule has 0 amide bonds. The van der Waals surface area contributed by atoms with Crippen LogP contribution < -0.4 is 4.74 Å². The third-order valence-electron chi connectivity index (χ3n) is 2.63. The van der Waals surface area contributed by atoms with Crippen LogP contribution in [0.3, 0.4) is 0 Å². The molecule has 0 radical (unpaired) electrons. The molecule has 2 rings (SSSR count). The summed E-state index contributed by atoms with van der Waals surface area (Å²) < 4.78 is 16.7. The summed E-state index contributed by atoms with van der Waals surface area (Å²) in [5, 5.41) is 0. The molecule has 0 fully saturated rings. The molecule has 1 unspecified atom stereocenters. The van der Waals surface area contributed by atoms with E-state index in [-0.39, 0.29) is 0 Å². The minimum Gasteiger partial charge on any atom is -0.497 e. The first-order valence-electron chi connectivity index (χ1n) is 5.79. The second-order valence-electron chi connectivity index (χ2n) is 3.93. The van der Waals surface area contributed by atoms with Crippen LogP contribution >= 0.6 is 0 Å². The van der Waals surface area contributed by atoms with Gasteiger partial charge in [0.25, 0.3) is 0 Å². The lowest BCUT2D eigenvalue weighted by molar-refractivity contribution is 0.415. The van der Waals surface area contributed by atoms with Gasteiger partial charge in [-0.25, -0.2) is 0 Å². The molecule has 0 N–H and O–H groups in total. The van der Waals surface area contributed by atoms with E-state index in [1.807, 2.05) is 48.5 Å². The van der Waals surface area contributed by atoms with Crippen LogP contribution in [-0.2, 0) is 10.8 Å². The van der Waals surface area contributed by atoms with E-state index in [1.165, 1.54) is 0 Å². The zero-order valence-corrected chi connectivity index (χ0v) is 11.7. The maximum Gasteiger partial charge on any atom is 0.118 e. The molecular formula is C16H14O2S. The van der Waals surface area contributed by atoms with Crippen molar-refractivity contribution in [1.82, 2.24) is 0 Å². The summed E-state index contributed by atoms with van der Waals surface area (Å²) in [5.41, 5.74) is 1.71. The first-order valence-corrected chi connectivity index (χ1v) is 7.35. The highest BCUT2D eigenvalue weighted by atomic mass is 32.2. The van der Waals surface area contributed by atoms with Gasteiger partial charge in [0.05, 0.1) is 22.8 Å². The Morgan fingerprint density at radius 2 is 1.68 bits per heavy atom. The molecule has 19 heavy (non-hydrogen) atoms. The van der Waals surface area contributed by atoms with E-state index in [4.69, 9.17) is 4.74 Å². The van der Waals surface area contributed by atoms with Gasteiger partial charge in [0, 0.05) is 17.4 Å². The topological polar surface area (TPSA) is 26.3 Å². The standard InChI is InChI=1S/C16H14O2S/c1-18-15-11-8-13(9-12-15)7-10-14-5-3-4-6-16(14)19(2)17/h3-6,8-9,11-12H,1-2H3. The second kappa shape index (κ2) is 6.21. The van der Waals surface area contributed by atoms with Crippen molar-refractivity contribution < 1.29 is 8.95 Å². The fourth-order valence-electron chi connectivity index (χ4n) is 1.63. The molecule has 0 saturated heterocycles. The third-order valence-corrected chi connectivity index (χ3v) is 3.60. The molecule has 1 atom stereocenters. The average molecular weight is 270 g/mol. The van der Waals surface area contributed by atoms with Crippen LogP contribution in [0.15, 0.2) is 53.4 Å². The summed E-state index contributed by atoms with van der Waals surface area (Å²) >= 11 is 0. The van der Waals surface area contributed by atoms with E-state index in [0.29, 0.717) is 0 Å². The van der Waals surface area contributed by atoms with Gasteiger partial charge in [-0.1, -0.05) is 24.0 Å². The highest BCUT2D eigenvalue weighted by Gasteiger charge is 2.01. The molecule has 0 heterocycles. The lowest BCUT2D eigenvalue weighted by Crippen LogP contribution is -1.91. The Balaban J connectivity index is 2.31. The largest absolute Gasteiger partial charge is 0.497 e. The van der Waals surface area contributed by atoms with Gasteiger partial charge in [-0.05, 0) is 36.4 Å². The quantitative estimate of drug-likeness (QED) is 0.784. The Hall–Kier alpha value is -2.05. The minimum atomic E-state index is -1.03. The van der Waals surface area contributed by atoms with Crippen molar-refractivity contribution in [1.29, 1.82) is 0 Å². The molecule has 0 spiro atoms. The van der Waals surface area contributed by atoms with Gasteiger partial charge < -0.3 is 4.74 Å². The SMILES string of the molecule is COc1ccc(C#Cc2ccccc2S(C)=O)cc1. The van der Waals surface area contributed by atoms with Gasteiger partial charge in [-0.3, -0.25) is 4.21 Å². The van der Waals surface area contributed by atoms with Crippen LogP contribution in [-0.4, -0.2) is 17.6 Å². The van der Waals surface area contributed by atoms with Gasteiger partial charge in [-0.2, -0.15) is 0 Å². The molecule has 96 valence electrons. The molecule has 0 saturated carbocycles. The van der Waals surface area contributed by atoms with Crippen molar-refractivity contribution in [2.75, 3.05) is 13.4 Å². The van der Waals surface area contributed by atoms with Crippen LogP contribution in [0.5, 0.6) is 5.75 Å². The predicted molar refractivity (Wildman–Crippen MR) is 77.7 cm³/mol. The van der Waals surface area contributed by atoms with Crippen molar-refractivity contribution >= 4 is 10.8 Å². The fourth-order valence-corrected chi connectivity index (χ4v) is 2.33. The Morgan fingerprint density at radius 1 is 1.00 bits per heavy atom. The molecule has 2 nitrogen and oxygen atoms in total. The van der Waals surface area contributed by atoms with Crippen molar-refractivity contribution in [3.05, 3.63) is 59.7 Å². The molecule has 2 aromatic carbocycles. The lowest BCUT2D eigenvalue weighted by Gasteiger charge is -1.99. The number of benzene rings is 2. The number of hydrogen-bond acceptors (Lipinski definition) is 2. The van der Waals surface area contributed by atoms with Gasteiger partial charge in [-0.15, -0.1) is 0 Å². The van der Waals surface area contributed by atoms with Crippen molar-refractivity contribution in [3.8, 4) is 17.6 Å². The number of rotatable bonds is 2. The summed E-state index contributed by atoms with van der Waals surface area (Å²) in [4.78, 5) is 0.767. The van der Waals surface area contributed by atoms with E-state index in [2.05, 4.69) is 11.8 Å². The Labute approximate surface area is 115 Å². The smallest absolute Gasteiger partial charge is 0.118 e. The monoisotopic (exact) mass is 270 g/mol. The zero-order valence-electron chi connectivity index (χ0n) is 10.8. The van der Waals surface area contributed by atoms with Gasteiger partial charge >= 0.3 is 0 Å². The van der Waals surface area contributed by atoms with Crippen LogP contribution in [0.25, 0.3) is 0 Å². The summed E-state index contributed by atoms with van der Waals surface area (Å²) in [6.45, 7) is 0. The average Bonchev–Trinajstić information content (AvgIpc) is 2.46. The Kier molecular flexibility index (Phi) is 4.38. The minimum absolute atomic E-state index is 0.767. The summed E-state index contributed by atoms with van der Waals surface area (Å²) in [6, 6.07) is 15.0. The molecule has 0 aliphatic rings. The zero-order chi connectivity index (χ0) is 13.7. The van der Waals surface area contributed by atoms with Gasteiger partial charge in [0.1, 0.15) is 5.75 Å². The maximum atomic E-state index is 11.6. The fraction of sp³-hybridized carbons (Fsp3) is 0.125. The number of hydrogen-bond donors (Lipinski definition) is 0. The first kappa shape index (κ1) is 13.4. The van der Waals surface area contributed by atoms with E-state index >= 15 is 0 Å². The lowest BCUT2D eigenvalue weighted by atomic mass is 10.2. The molecule has 0 aliphatic carbocycles. The summed E-state index contributed by atoms with van der Waals surface area (Å²) in [5.74, 6) is 6.94. The summed E-state index contributed by atoms with van der Waals surface area (Å²) in [7, 11) is 0.606. The molecule has 0 bridgehead atoms. The van der Waals surface area contributed by atoms with E-state index in [1.54, 1.807) is 13.4 Å². The summed E-state index contributed by atoms with van der Waals surface area (Å²) in [6.07, 6.45) is 1.66. The Morgan fingerprint density at radius 3 is 2.32 bits per heavy atom. The van der Waals surface area contributed by atoms with Gasteiger partial charge in [0.15, 0.2) is 0 Å². The Bertz CT molecular complexity index is 648. The van der Waals surface area contributed by atoms with Gasteiger partial charge in [0.2, 0.25) is 0 Å². The first-order chi connectivity index (χ1) is 9.20. The highest BCUT2D eigenvalue weighted by Crippen LogP contribution is 2.13. The highest BCUT2D eigenvalue weighted by molar-refractivity contribution is 7.84. The van der Waals surface area contributed by atoms with E-state index in [0.717, 1.165) is 21.8 Å². The number of methoxy groups -OCH3 is 1. The number of ether oxygens (including phenoxy) is 1. The van der Waals surface area contributed by atoms with Crippen molar-refractivity contribution in [2.24, 2.45) is 0 Å². The third kappa shape index (κ3) is 3.46. The van der Waals surface area contributed by atoms with E-state index in [9.17, 15) is 4.21 Å².